The Hall–Kier alpha value is -0.260. The van der Waals surface area contributed by atoms with E-state index >= 15 is 0 Å². The molecule has 1 aliphatic heterocycles. The molecule has 94 valence electrons. The van der Waals surface area contributed by atoms with Crippen molar-refractivity contribution in [3.05, 3.63) is 0 Å². The number of aliphatic imine (C=N–C) groups is 1. The number of hydrogen-bond donors (Lipinski definition) is 1. The number of thioether (sulfide) groups is 1. The molecule has 0 aromatic rings. The van der Waals surface area contributed by atoms with Crippen LogP contribution in [0.25, 0.3) is 0 Å². The van der Waals surface area contributed by atoms with Crippen molar-refractivity contribution in [2.45, 2.75) is 25.2 Å². The van der Waals surface area contributed by atoms with Crippen LogP contribution in [0, 0.1) is 5.92 Å². The first-order valence-corrected chi connectivity index (χ1v) is 6.52. The zero-order valence-electron chi connectivity index (χ0n) is 10.5. The molecule has 0 aliphatic carbocycles. The molecule has 1 rings (SSSR count). The Labute approximate surface area is 102 Å². The molecule has 1 heterocycles. The Morgan fingerprint density at radius 3 is 2.75 bits per heavy atom. The molecular formula is C11H22N2O2S. The fourth-order valence-corrected chi connectivity index (χ4v) is 2.46. The predicted octanol–water partition coefficient (Wildman–Crippen LogP) is 1.36. The van der Waals surface area contributed by atoms with Gasteiger partial charge < -0.3 is 14.8 Å². The van der Waals surface area contributed by atoms with E-state index in [9.17, 15) is 0 Å². The van der Waals surface area contributed by atoms with Gasteiger partial charge in [-0.3, -0.25) is 4.99 Å². The monoisotopic (exact) mass is 246 g/mol. The van der Waals surface area contributed by atoms with E-state index in [2.05, 4.69) is 24.2 Å². The molecule has 1 aliphatic rings. The third-order valence-electron chi connectivity index (χ3n) is 2.59. The third kappa shape index (κ3) is 4.31. The molecule has 0 radical (unpaired) electrons. The van der Waals surface area contributed by atoms with Crippen LogP contribution in [-0.4, -0.2) is 50.4 Å². The van der Waals surface area contributed by atoms with Crippen molar-refractivity contribution in [3.63, 3.8) is 0 Å². The Morgan fingerprint density at radius 2 is 2.25 bits per heavy atom. The van der Waals surface area contributed by atoms with E-state index in [1.165, 1.54) is 0 Å². The average Bonchev–Trinajstić information content (AvgIpc) is 2.73. The Morgan fingerprint density at radius 1 is 1.50 bits per heavy atom. The highest BCUT2D eigenvalue weighted by atomic mass is 32.2. The topological polar surface area (TPSA) is 42.8 Å². The highest BCUT2D eigenvalue weighted by Gasteiger charge is 2.22. The summed E-state index contributed by atoms with van der Waals surface area (Å²) in [6.45, 7) is 6.75. The van der Waals surface area contributed by atoms with Gasteiger partial charge in [0.1, 0.15) is 0 Å². The van der Waals surface area contributed by atoms with Crippen LogP contribution in [0.15, 0.2) is 4.99 Å². The minimum Gasteiger partial charge on any atom is -0.382 e. The predicted molar refractivity (Wildman–Crippen MR) is 69.2 cm³/mol. The molecule has 2 unspecified atom stereocenters. The summed E-state index contributed by atoms with van der Waals surface area (Å²) in [5, 5.41) is 4.97. The van der Waals surface area contributed by atoms with Crippen LogP contribution < -0.4 is 5.32 Å². The molecule has 2 atom stereocenters. The number of nitrogens with one attached hydrogen (secondary N) is 1. The number of rotatable bonds is 6. The van der Waals surface area contributed by atoms with E-state index in [0.717, 1.165) is 18.3 Å². The first-order chi connectivity index (χ1) is 7.67. The summed E-state index contributed by atoms with van der Waals surface area (Å²) in [5.74, 6) is 0.672. The van der Waals surface area contributed by atoms with Gasteiger partial charge in [0.05, 0.1) is 19.3 Å². The molecule has 4 nitrogen and oxygen atoms in total. The van der Waals surface area contributed by atoms with Crippen molar-refractivity contribution in [1.82, 2.24) is 5.32 Å². The van der Waals surface area contributed by atoms with E-state index in [1.807, 2.05) is 11.8 Å². The van der Waals surface area contributed by atoms with Gasteiger partial charge in [-0.1, -0.05) is 25.6 Å². The van der Waals surface area contributed by atoms with Crippen LogP contribution in [0.5, 0.6) is 0 Å². The normalized spacial score (nSPS) is 22.3. The second-order valence-electron chi connectivity index (χ2n) is 4.24. The zero-order chi connectivity index (χ0) is 12.0. The van der Waals surface area contributed by atoms with Crippen molar-refractivity contribution < 1.29 is 9.47 Å². The van der Waals surface area contributed by atoms with Gasteiger partial charge in [-0.15, -0.1) is 0 Å². The Kier molecular flexibility index (Phi) is 6.16. The van der Waals surface area contributed by atoms with E-state index in [-0.39, 0.29) is 6.10 Å². The van der Waals surface area contributed by atoms with E-state index in [0.29, 0.717) is 17.8 Å². The maximum absolute atomic E-state index is 5.27. The molecule has 16 heavy (non-hydrogen) atoms. The van der Waals surface area contributed by atoms with Crippen LogP contribution in [-0.2, 0) is 9.47 Å². The number of hydrogen-bond acceptors (Lipinski definition) is 5. The first-order valence-electron chi connectivity index (χ1n) is 5.64. The molecule has 0 bridgehead atoms. The maximum Gasteiger partial charge on any atom is 0.157 e. The van der Waals surface area contributed by atoms with Crippen molar-refractivity contribution in [2.24, 2.45) is 10.9 Å². The Balaban J connectivity index is 2.23. The van der Waals surface area contributed by atoms with E-state index in [4.69, 9.17) is 9.47 Å². The van der Waals surface area contributed by atoms with Gasteiger partial charge in [0.25, 0.3) is 0 Å². The molecule has 0 fully saturated rings. The summed E-state index contributed by atoms with van der Waals surface area (Å²) < 4.78 is 10.3. The van der Waals surface area contributed by atoms with E-state index in [1.54, 1.807) is 14.2 Å². The highest BCUT2D eigenvalue weighted by Crippen LogP contribution is 2.25. The number of ether oxygens (including phenoxy) is 2. The van der Waals surface area contributed by atoms with Gasteiger partial charge in [-0.05, 0) is 5.92 Å². The lowest BCUT2D eigenvalue weighted by Gasteiger charge is -2.16. The lowest BCUT2D eigenvalue weighted by molar-refractivity contribution is 0.0316. The second kappa shape index (κ2) is 7.14. The van der Waals surface area contributed by atoms with Crippen LogP contribution in [0.1, 0.15) is 13.8 Å². The van der Waals surface area contributed by atoms with Gasteiger partial charge in [-0.25, -0.2) is 0 Å². The van der Waals surface area contributed by atoms with Gasteiger partial charge >= 0.3 is 0 Å². The van der Waals surface area contributed by atoms with E-state index < -0.39 is 0 Å². The SMILES string of the molecule is COCC(CNC1=NCC(C(C)C)S1)OC. The minimum absolute atomic E-state index is 0.0893. The second-order valence-corrected chi connectivity index (χ2v) is 5.47. The van der Waals surface area contributed by atoms with Crippen LogP contribution in [0.3, 0.4) is 0 Å². The number of nitrogens with zero attached hydrogens (tertiary/aromatic N) is 1. The quantitative estimate of drug-likeness (QED) is 0.768. The fourth-order valence-electron chi connectivity index (χ4n) is 1.43. The molecule has 0 saturated heterocycles. The first kappa shape index (κ1) is 13.8. The Bertz CT molecular complexity index is 234. The van der Waals surface area contributed by atoms with Crippen LogP contribution in [0.2, 0.25) is 0 Å². The molecule has 0 saturated carbocycles. The summed E-state index contributed by atoms with van der Waals surface area (Å²) in [4.78, 5) is 4.48. The lowest BCUT2D eigenvalue weighted by Crippen LogP contribution is -2.34. The summed E-state index contributed by atoms with van der Waals surface area (Å²) in [6, 6.07) is 0. The van der Waals surface area contributed by atoms with Crippen molar-refractivity contribution in [3.8, 4) is 0 Å². The minimum atomic E-state index is 0.0893. The van der Waals surface area contributed by atoms with Crippen molar-refractivity contribution in [1.29, 1.82) is 0 Å². The number of amidine groups is 1. The van der Waals surface area contributed by atoms with Crippen LogP contribution >= 0.6 is 11.8 Å². The lowest BCUT2D eigenvalue weighted by atomic mass is 10.1. The van der Waals surface area contributed by atoms with Gasteiger partial charge in [0.15, 0.2) is 5.17 Å². The molecule has 0 amide bonds. The van der Waals surface area contributed by atoms with Gasteiger partial charge in [0.2, 0.25) is 0 Å². The molecular weight excluding hydrogens is 224 g/mol. The maximum atomic E-state index is 5.27. The standard InChI is InChI=1S/C11H22N2O2S/c1-8(2)10-6-13-11(16-10)12-5-9(15-4)7-14-3/h8-10H,5-7H2,1-4H3,(H,12,13). The summed E-state index contributed by atoms with van der Waals surface area (Å²) in [6.07, 6.45) is 0.0893. The summed E-state index contributed by atoms with van der Waals surface area (Å²) in [7, 11) is 3.38. The summed E-state index contributed by atoms with van der Waals surface area (Å²) in [5.41, 5.74) is 0. The largest absolute Gasteiger partial charge is 0.382 e. The molecule has 0 spiro atoms. The molecule has 0 aromatic carbocycles. The average molecular weight is 246 g/mol. The van der Waals surface area contributed by atoms with Gasteiger partial charge in [0, 0.05) is 26.0 Å². The molecule has 0 aromatic heterocycles. The zero-order valence-corrected chi connectivity index (χ0v) is 11.3. The van der Waals surface area contributed by atoms with Crippen LogP contribution in [0.4, 0.5) is 0 Å². The fraction of sp³-hybridized carbons (Fsp3) is 0.909. The van der Waals surface area contributed by atoms with Crippen molar-refractivity contribution in [2.75, 3.05) is 33.9 Å². The molecule has 5 heteroatoms. The van der Waals surface area contributed by atoms with Crippen molar-refractivity contribution >= 4 is 16.9 Å². The smallest absolute Gasteiger partial charge is 0.157 e. The molecule has 1 N–H and O–H groups in total. The highest BCUT2D eigenvalue weighted by molar-refractivity contribution is 8.14. The van der Waals surface area contributed by atoms with Gasteiger partial charge in [-0.2, -0.15) is 0 Å². The number of methoxy groups -OCH3 is 2. The summed E-state index contributed by atoms with van der Waals surface area (Å²) >= 11 is 1.83. The third-order valence-corrected chi connectivity index (χ3v) is 4.08.